The van der Waals surface area contributed by atoms with Gasteiger partial charge in [0.2, 0.25) is 0 Å². The van der Waals surface area contributed by atoms with Crippen LogP contribution in [0.1, 0.15) is 34.1 Å². The predicted octanol–water partition coefficient (Wildman–Crippen LogP) is 0.521. The summed E-state index contributed by atoms with van der Waals surface area (Å²) in [6, 6.07) is 0.207. The molecule has 4 nitrogen and oxygen atoms in total. The standard InChI is InChI=1S/C11H25NO3/c1-8(2)15-7-11(14)6-12-9(3)5-10(4)13/h8-14H,5-7H2,1-4H3. The van der Waals surface area contributed by atoms with Gasteiger partial charge in [-0.1, -0.05) is 0 Å². The Labute approximate surface area is 92.6 Å². The van der Waals surface area contributed by atoms with Crippen LogP contribution in [0.5, 0.6) is 0 Å². The molecule has 0 aliphatic carbocycles. The van der Waals surface area contributed by atoms with Crippen molar-refractivity contribution < 1.29 is 14.9 Å². The number of aliphatic hydroxyl groups is 2. The van der Waals surface area contributed by atoms with Gasteiger partial charge in [-0.2, -0.15) is 0 Å². The van der Waals surface area contributed by atoms with E-state index in [1.54, 1.807) is 6.92 Å². The Bertz CT molecular complexity index is 151. The SMILES string of the molecule is CC(O)CC(C)NCC(O)COC(C)C. The van der Waals surface area contributed by atoms with Crippen LogP contribution in [0, 0.1) is 0 Å². The summed E-state index contributed by atoms with van der Waals surface area (Å²) in [7, 11) is 0. The molecule has 3 unspecified atom stereocenters. The maximum atomic E-state index is 9.53. The second kappa shape index (κ2) is 8.05. The zero-order valence-corrected chi connectivity index (χ0v) is 10.2. The molecule has 0 heterocycles. The molecule has 4 heteroatoms. The molecule has 0 radical (unpaired) electrons. The van der Waals surface area contributed by atoms with Gasteiger partial charge in [-0.3, -0.25) is 0 Å². The Kier molecular flexibility index (Phi) is 7.96. The lowest BCUT2D eigenvalue weighted by atomic mass is 10.1. The molecule has 0 rings (SSSR count). The van der Waals surface area contributed by atoms with E-state index in [0.29, 0.717) is 19.6 Å². The second-order valence-corrected chi connectivity index (χ2v) is 4.43. The Morgan fingerprint density at radius 3 is 2.20 bits per heavy atom. The van der Waals surface area contributed by atoms with Crippen LogP contribution in [0.25, 0.3) is 0 Å². The minimum atomic E-state index is -0.483. The summed E-state index contributed by atoms with van der Waals surface area (Å²) in [5, 5.41) is 21.8. The van der Waals surface area contributed by atoms with E-state index >= 15 is 0 Å². The highest BCUT2D eigenvalue weighted by molar-refractivity contribution is 4.67. The molecule has 0 aromatic rings. The van der Waals surface area contributed by atoms with Crippen LogP contribution in [0.2, 0.25) is 0 Å². The average Bonchev–Trinajstić information content (AvgIpc) is 2.10. The maximum Gasteiger partial charge on any atom is 0.0897 e. The average molecular weight is 219 g/mol. The van der Waals surface area contributed by atoms with Crippen molar-refractivity contribution in [2.45, 2.75) is 58.5 Å². The lowest BCUT2D eigenvalue weighted by molar-refractivity contribution is 0.00512. The summed E-state index contributed by atoms with van der Waals surface area (Å²) in [4.78, 5) is 0. The van der Waals surface area contributed by atoms with Gasteiger partial charge in [-0.25, -0.2) is 0 Å². The molecule has 0 aliphatic rings. The molecule has 0 saturated heterocycles. The van der Waals surface area contributed by atoms with Crippen molar-refractivity contribution in [3.8, 4) is 0 Å². The van der Waals surface area contributed by atoms with Crippen LogP contribution in [0.15, 0.2) is 0 Å². The van der Waals surface area contributed by atoms with E-state index in [1.807, 2.05) is 20.8 Å². The smallest absolute Gasteiger partial charge is 0.0897 e. The van der Waals surface area contributed by atoms with E-state index in [1.165, 1.54) is 0 Å². The molecule has 0 bridgehead atoms. The van der Waals surface area contributed by atoms with Crippen molar-refractivity contribution >= 4 is 0 Å². The van der Waals surface area contributed by atoms with Gasteiger partial charge < -0.3 is 20.3 Å². The molecule has 3 atom stereocenters. The van der Waals surface area contributed by atoms with Gasteiger partial charge in [0, 0.05) is 12.6 Å². The predicted molar refractivity (Wildman–Crippen MR) is 60.9 cm³/mol. The second-order valence-electron chi connectivity index (χ2n) is 4.43. The molecule has 0 aromatic heterocycles. The first-order valence-electron chi connectivity index (χ1n) is 5.63. The van der Waals surface area contributed by atoms with Gasteiger partial charge in [0.05, 0.1) is 24.9 Å². The Hall–Kier alpha value is -0.160. The third-order valence-electron chi connectivity index (χ3n) is 2.02. The number of hydrogen-bond acceptors (Lipinski definition) is 4. The summed E-state index contributed by atoms with van der Waals surface area (Å²) in [5.74, 6) is 0. The first-order valence-corrected chi connectivity index (χ1v) is 5.63. The molecule has 0 spiro atoms. The van der Waals surface area contributed by atoms with E-state index in [-0.39, 0.29) is 18.2 Å². The molecule has 0 aromatic carbocycles. The van der Waals surface area contributed by atoms with Gasteiger partial charge in [0.15, 0.2) is 0 Å². The van der Waals surface area contributed by atoms with Gasteiger partial charge in [-0.15, -0.1) is 0 Å². The highest BCUT2D eigenvalue weighted by atomic mass is 16.5. The van der Waals surface area contributed by atoms with E-state index in [9.17, 15) is 5.11 Å². The van der Waals surface area contributed by atoms with E-state index in [2.05, 4.69) is 5.32 Å². The molecule has 0 fully saturated rings. The summed E-state index contributed by atoms with van der Waals surface area (Å²) in [6.45, 7) is 8.48. The van der Waals surface area contributed by atoms with E-state index in [4.69, 9.17) is 9.84 Å². The van der Waals surface area contributed by atoms with Crippen LogP contribution < -0.4 is 5.32 Å². The Balaban J connectivity index is 3.48. The number of hydrogen-bond donors (Lipinski definition) is 3. The molecule has 15 heavy (non-hydrogen) atoms. The Morgan fingerprint density at radius 1 is 1.13 bits per heavy atom. The number of aliphatic hydroxyl groups excluding tert-OH is 2. The number of rotatable bonds is 8. The molecule has 3 N–H and O–H groups in total. The highest BCUT2D eigenvalue weighted by Gasteiger charge is 2.09. The van der Waals surface area contributed by atoms with Crippen molar-refractivity contribution in [2.75, 3.05) is 13.2 Å². The van der Waals surface area contributed by atoms with Gasteiger partial charge in [-0.05, 0) is 34.1 Å². The van der Waals surface area contributed by atoms with Crippen LogP contribution in [0.3, 0.4) is 0 Å². The topological polar surface area (TPSA) is 61.7 Å². The highest BCUT2D eigenvalue weighted by Crippen LogP contribution is 1.97. The van der Waals surface area contributed by atoms with Crippen molar-refractivity contribution in [1.29, 1.82) is 0 Å². The quantitative estimate of drug-likeness (QED) is 0.557. The third kappa shape index (κ3) is 10.1. The molecule has 0 amide bonds. The molecule has 92 valence electrons. The number of ether oxygens (including phenoxy) is 1. The minimum absolute atomic E-state index is 0.148. The normalized spacial score (nSPS) is 17.8. The molecule has 0 saturated carbocycles. The van der Waals surface area contributed by atoms with Gasteiger partial charge >= 0.3 is 0 Å². The summed E-state index contributed by atoms with van der Waals surface area (Å²) in [6.07, 6.45) is 0.0486. The largest absolute Gasteiger partial charge is 0.393 e. The lowest BCUT2D eigenvalue weighted by Gasteiger charge is -2.19. The van der Waals surface area contributed by atoms with Crippen LogP contribution in [-0.2, 0) is 4.74 Å². The third-order valence-corrected chi connectivity index (χ3v) is 2.02. The van der Waals surface area contributed by atoms with Crippen LogP contribution >= 0.6 is 0 Å². The van der Waals surface area contributed by atoms with Gasteiger partial charge in [0.1, 0.15) is 0 Å². The van der Waals surface area contributed by atoms with E-state index < -0.39 is 6.10 Å². The van der Waals surface area contributed by atoms with Crippen molar-refractivity contribution in [2.24, 2.45) is 0 Å². The molecular formula is C11H25NO3. The zero-order chi connectivity index (χ0) is 11.8. The first kappa shape index (κ1) is 14.8. The summed E-state index contributed by atoms with van der Waals surface area (Å²) < 4.78 is 5.28. The minimum Gasteiger partial charge on any atom is -0.393 e. The Morgan fingerprint density at radius 2 is 1.73 bits per heavy atom. The maximum absolute atomic E-state index is 9.53. The molecule has 0 aliphatic heterocycles. The van der Waals surface area contributed by atoms with Crippen LogP contribution in [0.4, 0.5) is 0 Å². The van der Waals surface area contributed by atoms with E-state index in [0.717, 1.165) is 0 Å². The lowest BCUT2D eigenvalue weighted by Crippen LogP contribution is -2.37. The van der Waals surface area contributed by atoms with Crippen LogP contribution in [-0.4, -0.2) is 47.7 Å². The molecular weight excluding hydrogens is 194 g/mol. The monoisotopic (exact) mass is 219 g/mol. The first-order chi connectivity index (χ1) is 6.91. The van der Waals surface area contributed by atoms with Gasteiger partial charge in [0.25, 0.3) is 0 Å². The number of nitrogens with one attached hydrogen (secondary N) is 1. The van der Waals surface area contributed by atoms with Crippen molar-refractivity contribution in [1.82, 2.24) is 5.32 Å². The zero-order valence-electron chi connectivity index (χ0n) is 10.2. The fraction of sp³-hybridized carbons (Fsp3) is 1.00. The summed E-state index contributed by atoms with van der Waals surface area (Å²) >= 11 is 0. The van der Waals surface area contributed by atoms with Crippen molar-refractivity contribution in [3.05, 3.63) is 0 Å². The fourth-order valence-corrected chi connectivity index (χ4v) is 1.29. The van der Waals surface area contributed by atoms with Crippen molar-refractivity contribution in [3.63, 3.8) is 0 Å². The summed E-state index contributed by atoms with van der Waals surface area (Å²) in [5.41, 5.74) is 0. The fourth-order valence-electron chi connectivity index (χ4n) is 1.29.